The van der Waals surface area contributed by atoms with E-state index in [1.54, 1.807) is 37.3 Å². The van der Waals surface area contributed by atoms with Gasteiger partial charge in [-0.15, -0.1) is 0 Å². The first-order valence-electron chi connectivity index (χ1n) is 10.0. The molecule has 2 heterocycles. The van der Waals surface area contributed by atoms with E-state index in [2.05, 4.69) is 12.1 Å². The number of esters is 1. The summed E-state index contributed by atoms with van der Waals surface area (Å²) < 4.78 is 7.10. The van der Waals surface area contributed by atoms with E-state index < -0.39 is 5.97 Å². The normalized spacial score (nSPS) is 11.3. The van der Waals surface area contributed by atoms with Crippen molar-refractivity contribution in [3.05, 3.63) is 101 Å². The average Bonchev–Trinajstić information content (AvgIpc) is 3.19. The largest absolute Gasteiger partial charge is 0.462 e. The van der Waals surface area contributed by atoms with E-state index in [1.165, 1.54) is 0 Å². The maximum atomic E-state index is 13.5. The third kappa shape index (κ3) is 3.16. The van der Waals surface area contributed by atoms with E-state index >= 15 is 0 Å². The van der Waals surface area contributed by atoms with E-state index in [1.807, 2.05) is 40.8 Å². The third-order valence-corrected chi connectivity index (χ3v) is 5.72. The van der Waals surface area contributed by atoms with Crippen molar-refractivity contribution in [2.45, 2.75) is 6.92 Å². The van der Waals surface area contributed by atoms with Crippen molar-refractivity contribution in [1.29, 1.82) is 0 Å². The monoisotopic (exact) mass is 427 g/mol. The Bertz CT molecular complexity index is 1480. The number of nitrogens with zero attached hydrogens (tertiary/aromatic N) is 1. The van der Waals surface area contributed by atoms with Crippen molar-refractivity contribution in [3.8, 4) is 0 Å². The predicted molar refractivity (Wildman–Crippen MR) is 123 cm³/mol. The highest BCUT2D eigenvalue weighted by atomic mass is 35.5. The molecule has 0 aliphatic carbocycles. The molecular weight excluding hydrogens is 410 g/mol. The van der Waals surface area contributed by atoms with Crippen LogP contribution in [0.2, 0.25) is 5.02 Å². The van der Waals surface area contributed by atoms with Gasteiger partial charge < -0.3 is 9.14 Å². The minimum Gasteiger partial charge on any atom is -0.462 e. The maximum absolute atomic E-state index is 13.5. The fourth-order valence-electron chi connectivity index (χ4n) is 4.05. The zero-order chi connectivity index (χ0) is 21.5. The summed E-state index contributed by atoms with van der Waals surface area (Å²) >= 11 is 5.99. The van der Waals surface area contributed by atoms with Gasteiger partial charge in [0.2, 0.25) is 5.78 Å². The van der Waals surface area contributed by atoms with Crippen LogP contribution in [0.5, 0.6) is 0 Å². The van der Waals surface area contributed by atoms with Gasteiger partial charge in [-0.2, -0.15) is 0 Å². The van der Waals surface area contributed by atoms with Gasteiger partial charge in [-0.25, -0.2) is 4.79 Å². The van der Waals surface area contributed by atoms with Crippen LogP contribution in [0.1, 0.15) is 33.3 Å². The van der Waals surface area contributed by atoms with Crippen LogP contribution in [-0.4, -0.2) is 22.8 Å². The second-order valence-electron chi connectivity index (χ2n) is 7.27. The Labute approximate surface area is 183 Å². The van der Waals surface area contributed by atoms with E-state index in [-0.39, 0.29) is 12.4 Å². The summed E-state index contributed by atoms with van der Waals surface area (Å²) in [6.07, 6.45) is 0. The van der Waals surface area contributed by atoms with Crippen molar-refractivity contribution < 1.29 is 14.3 Å². The first-order valence-corrected chi connectivity index (χ1v) is 10.4. The number of hydrogen-bond donors (Lipinski definition) is 0. The van der Waals surface area contributed by atoms with Gasteiger partial charge in [-0.1, -0.05) is 48.0 Å². The molecule has 0 spiro atoms. The van der Waals surface area contributed by atoms with Crippen molar-refractivity contribution >= 4 is 50.5 Å². The number of rotatable bonds is 4. The van der Waals surface area contributed by atoms with Crippen LogP contribution in [-0.2, 0) is 4.74 Å². The molecule has 0 saturated heterocycles. The van der Waals surface area contributed by atoms with Gasteiger partial charge in [0, 0.05) is 16.0 Å². The Morgan fingerprint density at radius 1 is 0.871 bits per heavy atom. The summed E-state index contributed by atoms with van der Waals surface area (Å²) in [7, 11) is 0. The van der Waals surface area contributed by atoms with Crippen LogP contribution in [0.3, 0.4) is 0 Å². The Hall–Kier alpha value is -3.63. The lowest BCUT2D eigenvalue weighted by Crippen LogP contribution is -2.05. The van der Waals surface area contributed by atoms with E-state index in [4.69, 9.17) is 16.3 Å². The quantitative estimate of drug-likeness (QED) is 0.192. The molecule has 0 saturated carbocycles. The Morgan fingerprint density at radius 2 is 1.61 bits per heavy atom. The minimum atomic E-state index is -0.449. The van der Waals surface area contributed by atoms with Gasteiger partial charge >= 0.3 is 5.97 Å². The molecule has 3 aromatic carbocycles. The standard InChI is InChI=1S/C26H18ClNO3/c1-2-31-26(30)21-15-24(25(29)17-7-10-18(27)11-8-17)28-22-13-9-16-5-3-4-6-19(16)20(22)12-14-23(21)28/h3-15H,2H2,1H3. The van der Waals surface area contributed by atoms with E-state index in [0.717, 1.165) is 21.7 Å². The van der Waals surface area contributed by atoms with Crippen molar-refractivity contribution in [2.24, 2.45) is 0 Å². The topological polar surface area (TPSA) is 47.8 Å². The number of fused-ring (bicyclic) bond motifs is 5. The van der Waals surface area contributed by atoms with Crippen LogP contribution in [0, 0.1) is 0 Å². The lowest BCUT2D eigenvalue weighted by atomic mass is 10.0. The molecule has 0 radical (unpaired) electrons. The zero-order valence-electron chi connectivity index (χ0n) is 16.8. The molecule has 0 unspecified atom stereocenters. The molecular formula is C26H18ClNO3. The predicted octanol–water partition coefficient (Wildman–Crippen LogP) is 6.31. The molecule has 152 valence electrons. The van der Waals surface area contributed by atoms with Gasteiger partial charge in [0.25, 0.3) is 0 Å². The van der Waals surface area contributed by atoms with Gasteiger partial charge in [-0.05, 0) is 60.2 Å². The van der Waals surface area contributed by atoms with Crippen LogP contribution in [0.25, 0.3) is 27.2 Å². The molecule has 2 aromatic heterocycles. The molecule has 4 nitrogen and oxygen atoms in total. The van der Waals surface area contributed by atoms with Crippen molar-refractivity contribution in [3.63, 3.8) is 0 Å². The van der Waals surface area contributed by atoms with Gasteiger partial charge in [0.15, 0.2) is 0 Å². The number of aromatic nitrogens is 1. The molecule has 5 rings (SSSR count). The first kappa shape index (κ1) is 19.3. The highest BCUT2D eigenvalue weighted by molar-refractivity contribution is 6.30. The lowest BCUT2D eigenvalue weighted by Gasteiger charge is -2.10. The third-order valence-electron chi connectivity index (χ3n) is 5.47. The first-order chi connectivity index (χ1) is 15.1. The summed E-state index contributed by atoms with van der Waals surface area (Å²) in [4.78, 5) is 26.1. The Morgan fingerprint density at radius 3 is 2.39 bits per heavy atom. The summed E-state index contributed by atoms with van der Waals surface area (Å²) in [5.41, 5.74) is 2.76. The lowest BCUT2D eigenvalue weighted by molar-refractivity contribution is 0.0529. The summed E-state index contributed by atoms with van der Waals surface area (Å²) in [6.45, 7) is 2.02. The highest BCUT2D eigenvalue weighted by Crippen LogP contribution is 2.31. The van der Waals surface area contributed by atoms with Crippen molar-refractivity contribution in [2.75, 3.05) is 6.61 Å². The second-order valence-corrected chi connectivity index (χ2v) is 7.71. The number of ketones is 1. The number of carbonyl (C=O) groups excluding carboxylic acids is 2. The molecule has 31 heavy (non-hydrogen) atoms. The molecule has 5 aromatic rings. The minimum absolute atomic E-state index is 0.192. The van der Waals surface area contributed by atoms with Gasteiger partial charge in [-0.3, -0.25) is 4.79 Å². The fourth-order valence-corrected chi connectivity index (χ4v) is 4.18. The van der Waals surface area contributed by atoms with E-state index in [0.29, 0.717) is 27.4 Å². The summed E-state index contributed by atoms with van der Waals surface area (Å²) in [5.74, 6) is -0.641. The molecule has 5 heteroatoms. The maximum Gasteiger partial charge on any atom is 0.340 e. The highest BCUT2D eigenvalue weighted by Gasteiger charge is 2.23. The van der Waals surface area contributed by atoms with Gasteiger partial charge in [0.05, 0.1) is 28.9 Å². The SMILES string of the molecule is CCOC(=O)c1cc(C(=O)c2ccc(Cl)cc2)n2c1ccc1c3ccccc3ccc12. The van der Waals surface area contributed by atoms with Crippen LogP contribution >= 0.6 is 11.6 Å². The zero-order valence-corrected chi connectivity index (χ0v) is 17.5. The number of carbonyl (C=O) groups is 2. The molecule has 0 fully saturated rings. The molecule has 0 N–H and O–H groups in total. The van der Waals surface area contributed by atoms with Crippen LogP contribution in [0.15, 0.2) is 78.9 Å². The Kier molecular flexibility index (Phi) is 4.72. The smallest absolute Gasteiger partial charge is 0.340 e. The van der Waals surface area contributed by atoms with E-state index in [9.17, 15) is 9.59 Å². The van der Waals surface area contributed by atoms with Crippen LogP contribution < -0.4 is 0 Å². The molecule has 0 aliphatic heterocycles. The molecule has 0 amide bonds. The Balaban J connectivity index is 1.85. The van der Waals surface area contributed by atoms with Gasteiger partial charge in [0.1, 0.15) is 0 Å². The number of halogens is 1. The number of pyridine rings is 1. The molecule has 0 aliphatic rings. The summed E-state index contributed by atoms with van der Waals surface area (Å²) in [5, 5.41) is 3.75. The number of benzene rings is 3. The number of ether oxygens (including phenoxy) is 1. The summed E-state index contributed by atoms with van der Waals surface area (Å²) in [6, 6.07) is 24.3. The molecule has 0 bridgehead atoms. The fraction of sp³-hybridized carbons (Fsp3) is 0.0769. The van der Waals surface area contributed by atoms with Crippen LogP contribution in [0.4, 0.5) is 0 Å². The average molecular weight is 428 g/mol. The second kappa shape index (κ2) is 7.56. The number of hydrogen-bond acceptors (Lipinski definition) is 3. The van der Waals surface area contributed by atoms with Crippen molar-refractivity contribution in [1.82, 2.24) is 4.40 Å². The molecule has 0 atom stereocenters.